The van der Waals surface area contributed by atoms with Gasteiger partial charge < -0.3 is 14.9 Å². The fourth-order valence-corrected chi connectivity index (χ4v) is 6.07. The average molecular weight is 438 g/mol. The van der Waals surface area contributed by atoms with E-state index in [1.807, 2.05) is 17.8 Å². The maximum atomic E-state index is 14.4. The summed E-state index contributed by atoms with van der Waals surface area (Å²) in [5, 5.41) is 5.88. The second kappa shape index (κ2) is 6.95. The zero-order valence-corrected chi connectivity index (χ0v) is 18.4. The highest BCUT2D eigenvalue weighted by Crippen LogP contribution is 2.46. The molecule has 2 atom stereocenters. The Morgan fingerprint density at radius 2 is 1.90 bits per heavy atom. The van der Waals surface area contributed by atoms with E-state index in [1.54, 1.807) is 12.3 Å². The highest BCUT2D eigenvalue weighted by atomic mass is 35.5. The monoisotopic (exact) mass is 437 g/mol. The highest BCUT2D eigenvalue weighted by Gasteiger charge is 2.41. The van der Waals surface area contributed by atoms with Crippen molar-refractivity contribution >= 4 is 39.4 Å². The summed E-state index contributed by atoms with van der Waals surface area (Å²) in [5.74, 6) is 3.18. The number of aryl methyl sites for hydroxylation is 1. The molecule has 3 saturated carbocycles. The zero-order valence-electron chi connectivity index (χ0n) is 17.6. The number of aromatic nitrogens is 4. The van der Waals surface area contributed by atoms with E-state index in [9.17, 15) is 4.39 Å². The summed E-state index contributed by atoms with van der Waals surface area (Å²) in [6.07, 6.45) is 9.06. The summed E-state index contributed by atoms with van der Waals surface area (Å²) in [4.78, 5) is 12.8. The summed E-state index contributed by atoms with van der Waals surface area (Å²) in [5.41, 5.74) is 2.03. The fraction of sp³-hybridized carbons (Fsp3) is 0.417. The number of anilines is 1. The van der Waals surface area contributed by atoms with Gasteiger partial charge >= 0.3 is 0 Å². The molecule has 0 aliphatic heterocycles. The number of hydrogen-bond acceptors (Lipinski definition) is 3. The molecule has 0 spiro atoms. The zero-order chi connectivity index (χ0) is 21.3. The second-order valence-corrected chi connectivity index (χ2v) is 9.71. The quantitative estimate of drug-likeness (QED) is 0.404. The highest BCUT2D eigenvalue weighted by molar-refractivity contribution is 6.31. The van der Waals surface area contributed by atoms with Gasteiger partial charge in [-0.3, -0.25) is 0 Å². The van der Waals surface area contributed by atoms with Crippen LogP contribution in [0.2, 0.25) is 5.02 Å². The van der Waals surface area contributed by atoms with Crippen LogP contribution in [-0.2, 0) is 7.05 Å². The molecule has 7 rings (SSSR count). The van der Waals surface area contributed by atoms with Gasteiger partial charge in [-0.15, -0.1) is 0 Å². The SMILES string of the molecule is C[C@H]1C2CCC(CC2)[C@@H]1Nc1nc(-c2c[nH]c3c(F)cc(Cl)cc23)nc2c1ccn2C. The smallest absolute Gasteiger partial charge is 0.166 e. The van der Waals surface area contributed by atoms with Crippen LogP contribution in [0.4, 0.5) is 10.2 Å². The molecule has 4 aromatic rings. The minimum absolute atomic E-state index is 0.358. The number of fused-ring (bicyclic) bond motifs is 5. The van der Waals surface area contributed by atoms with Crippen LogP contribution >= 0.6 is 11.6 Å². The van der Waals surface area contributed by atoms with Gasteiger partial charge in [-0.2, -0.15) is 0 Å². The maximum Gasteiger partial charge on any atom is 0.166 e. The first kappa shape index (κ1) is 19.1. The average Bonchev–Trinajstić information content (AvgIpc) is 3.35. The topological polar surface area (TPSA) is 58.5 Å². The van der Waals surface area contributed by atoms with Crippen LogP contribution in [0.15, 0.2) is 30.6 Å². The molecular formula is C24H25ClFN5. The number of halogens is 2. The molecule has 3 aliphatic carbocycles. The second-order valence-electron chi connectivity index (χ2n) is 9.28. The Hall–Kier alpha value is -2.60. The third-order valence-electron chi connectivity index (χ3n) is 7.61. The number of benzene rings is 1. The number of hydrogen-bond donors (Lipinski definition) is 2. The van der Waals surface area contributed by atoms with Gasteiger partial charge in [-0.1, -0.05) is 18.5 Å². The van der Waals surface area contributed by atoms with Crippen molar-refractivity contribution in [3.05, 3.63) is 41.4 Å². The summed E-state index contributed by atoms with van der Waals surface area (Å²) in [7, 11) is 1.99. The van der Waals surface area contributed by atoms with Crippen molar-refractivity contribution in [2.24, 2.45) is 24.8 Å². The number of H-pyrrole nitrogens is 1. The first-order chi connectivity index (χ1) is 15.0. The van der Waals surface area contributed by atoms with Crippen LogP contribution in [0.1, 0.15) is 32.6 Å². The van der Waals surface area contributed by atoms with Gasteiger partial charge in [0.2, 0.25) is 0 Å². The van der Waals surface area contributed by atoms with E-state index in [0.717, 1.165) is 28.3 Å². The Labute approximate surface area is 185 Å². The largest absolute Gasteiger partial charge is 0.366 e. The van der Waals surface area contributed by atoms with E-state index >= 15 is 0 Å². The molecule has 0 unspecified atom stereocenters. The van der Waals surface area contributed by atoms with E-state index in [1.165, 1.54) is 31.7 Å². The molecule has 0 radical (unpaired) electrons. The normalized spacial score (nSPS) is 25.5. The van der Waals surface area contributed by atoms with Crippen molar-refractivity contribution in [2.45, 2.75) is 38.6 Å². The van der Waals surface area contributed by atoms with Crippen molar-refractivity contribution in [2.75, 3.05) is 5.32 Å². The Morgan fingerprint density at radius 1 is 1.13 bits per heavy atom. The van der Waals surface area contributed by atoms with Gasteiger partial charge in [0, 0.05) is 41.5 Å². The minimum Gasteiger partial charge on any atom is -0.366 e. The Bertz CT molecular complexity index is 1300. The molecule has 7 heteroatoms. The molecule has 5 nitrogen and oxygen atoms in total. The third kappa shape index (κ3) is 2.95. The molecule has 1 aromatic carbocycles. The van der Waals surface area contributed by atoms with E-state index in [2.05, 4.69) is 23.3 Å². The first-order valence-electron chi connectivity index (χ1n) is 11.1. The lowest BCUT2D eigenvalue weighted by atomic mass is 9.62. The van der Waals surface area contributed by atoms with Crippen LogP contribution < -0.4 is 5.32 Å². The van der Waals surface area contributed by atoms with Gasteiger partial charge in [0.15, 0.2) is 5.82 Å². The van der Waals surface area contributed by atoms with Crippen molar-refractivity contribution in [1.29, 1.82) is 0 Å². The summed E-state index contributed by atoms with van der Waals surface area (Å²) in [6, 6.07) is 5.57. The molecule has 3 aliphatic rings. The molecule has 31 heavy (non-hydrogen) atoms. The van der Waals surface area contributed by atoms with Crippen LogP contribution in [0, 0.1) is 23.6 Å². The molecule has 0 amide bonds. The minimum atomic E-state index is -0.376. The van der Waals surface area contributed by atoms with Crippen molar-refractivity contribution < 1.29 is 4.39 Å². The van der Waals surface area contributed by atoms with Gasteiger partial charge in [0.25, 0.3) is 0 Å². The molecule has 2 N–H and O–H groups in total. The van der Waals surface area contributed by atoms with Gasteiger partial charge in [-0.25, -0.2) is 14.4 Å². The predicted octanol–water partition coefficient (Wildman–Crippen LogP) is 6.15. The molecule has 2 bridgehead atoms. The van der Waals surface area contributed by atoms with Crippen molar-refractivity contribution in [3.63, 3.8) is 0 Å². The van der Waals surface area contributed by atoms with Crippen LogP contribution in [0.25, 0.3) is 33.3 Å². The van der Waals surface area contributed by atoms with Crippen LogP contribution in [0.3, 0.4) is 0 Å². The Kier molecular flexibility index (Phi) is 4.29. The number of aromatic amines is 1. The van der Waals surface area contributed by atoms with Crippen molar-refractivity contribution in [3.8, 4) is 11.4 Å². The lowest BCUT2D eigenvalue weighted by Crippen LogP contribution is -2.47. The van der Waals surface area contributed by atoms with Gasteiger partial charge in [0.1, 0.15) is 17.3 Å². The summed E-state index contributed by atoms with van der Waals surface area (Å²) < 4.78 is 16.4. The molecular weight excluding hydrogens is 413 g/mol. The van der Waals surface area contributed by atoms with E-state index in [-0.39, 0.29) is 5.82 Å². The Morgan fingerprint density at radius 3 is 2.68 bits per heavy atom. The van der Waals surface area contributed by atoms with Gasteiger partial charge in [-0.05, 0) is 61.6 Å². The number of nitrogens with zero attached hydrogens (tertiary/aromatic N) is 3. The standard InChI is InChI=1S/C24H25ClFN5/c1-12-13-3-5-14(6-4-13)20(12)28-22-16-7-8-31(2)24(16)30-23(29-22)18-11-27-21-17(18)9-15(25)10-19(21)26/h7-14,20,27H,3-6H2,1-2H3,(H,28,29,30)/t12-,13?,14?,20+/m0/s1. The van der Waals surface area contributed by atoms with Gasteiger partial charge in [0.05, 0.1) is 10.9 Å². The van der Waals surface area contributed by atoms with Crippen molar-refractivity contribution in [1.82, 2.24) is 19.5 Å². The predicted molar refractivity (Wildman–Crippen MR) is 123 cm³/mol. The van der Waals surface area contributed by atoms with E-state index < -0.39 is 0 Å². The number of rotatable bonds is 3. The molecule has 3 heterocycles. The molecule has 3 fully saturated rings. The summed E-state index contributed by atoms with van der Waals surface area (Å²) in [6.45, 7) is 2.38. The third-order valence-corrected chi connectivity index (χ3v) is 7.83. The molecule has 0 saturated heterocycles. The van der Waals surface area contributed by atoms with Crippen LogP contribution in [-0.4, -0.2) is 25.6 Å². The molecule has 160 valence electrons. The Balaban J connectivity index is 1.49. The summed E-state index contributed by atoms with van der Waals surface area (Å²) >= 11 is 6.14. The molecule has 3 aromatic heterocycles. The number of nitrogens with one attached hydrogen (secondary N) is 2. The maximum absolute atomic E-state index is 14.4. The lowest BCUT2D eigenvalue weighted by Gasteiger charge is -2.47. The lowest BCUT2D eigenvalue weighted by molar-refractivity contribution is 0.0929. The van der Waals surface area contributed by atoms with E-state index in [4.69, 9.17) is 21.6 Å². The fourth-order valence-electron chi connectivity index (χ4n) is 5.87. The van der Waals surface area contributed by atoms with E-state index in [0.29, 0.717) is 39.6 Å². The first-order valence-corrected chi connectivity index (χ1v) is 11.4. The van der Waals surface area contributed by atoms with Crippen LogP contribution in [0.5, 0.6) is 0 Å².